The fraction of sp³-hybridized carbons (Fsp3) is 0.222. The average Bonchev–Trinajstić information content (AvgIpc) is 2.56. The smallest absolute Gasteiger partial charge is 0.317 e. The predicted octanol–water partition coefficient (Wildman–Crippen LogP) is 4.45. The Morgan fingerprint density at radius 1 is 1.28 bits per heavy atom. The summed E-state index contributed by atoms with van der Waals surface area (Å²) < 4.78 is 18.8. The van der Waals surface area contributed by atoms with E-state index < -0.39 is 23.8 Å². The summed E-state index contributed by atoms with van der Waals surface area (Å²) in [6.45, 7) is 3.38. The van der Waals surface area contributed by atoms with E-state index in [0.29, 0.717) is 0 Å². The first kappa shape index (κ1) is 19.3. The molecule has 0 spiro atoms. The molecule has 0 aliphatic heterocycles. The number of hydrogen-bond acceptors (Lipinski definition) is 4. The van der Waals surface area contributed by atoms with E-state index in [2.05, 4.69) is 5.32 Å². The van der Waals surface area contributed by atoms with Crippen LogP contribution < -0.4 is 5.32 Å². The number of rotatable bonds is 6. The van der Waals surface area contributed by atoms with Crippen LogP contribution in [0.2, 0.25) is 5.02 Å². The van der Waals surface area contributed by atoms with Gasteiger partial charge in [0.2, 0.25) is 0 Å². The van der Waals surface area contributed by atoms with Gasteiger partial charge in [-0.05, 0) is 43.7 Å². The second kappa shape index (κ2) is 8.87. The third-order valence-corrected chi connectivity index (χ3v) is 4.69. The van der Waals surface area contributed by atoms with Crippen LogP contribution in [0.25, 0.3) is 0 Å². The van der Waals surface area contributed by atoms with Gasteiger partial charge in [-0.15, -0.1) is 11.8 Å². The Hall–Kier alpha value is -2.05. The maximum absolute atomic E-state index is 13.7. The van der Waals surface area contributed by atoms with Gasteiger partial charge in [0.15, 0.2) is 6.10 Å². The third-order valence-electron chi connectivity index (χ3n) is 3.31. The highest BCUT2D eigenvalue weighted by molar-refractivity contribution is 8.00. The van der Waals surface area contributed by atoms with Crippen LogP contribution in [0, 0.1) is 12.7 Å². The molecule has 0 heterocycles. The molecule has 25 heavy (non-hydrogen) atoms. The van der Waals surface area contributed by atoms with Crippen LogP contribution in [0.15, 0.2) is 47.4 Å². The first-order valence-corrected chi connectivity index (χ1v) is 8.87. The summed E-state index contributed by atoms with van der Waals surface area (Å²) in [6.07, 6.45) is -1.04. The molecule has 0 aliphatic rings. The molecule has 132 valence electrons. The molecule has 0 unspecified atom stereocenters. The highest BCUT2D eigenvalue weighted by Gasteiger charge is 2.19. The number of benzene rings is 2. The lowest BCUT2D eigenvalue weighted by Crippen LogP contribution is -2.30. The second-order valence-corrected chi connectivity index (χ2v) is 6.75. The number of carbonyl (C=O) groups excluding carboxylic acids is 2. The van der Waals surface area contributed by atoms with Gasteiger partial charge in [0.05, 0.1) is 11.4 Å². The quantitative estimate of drug-likeness (QED) is 0.593. The van der Waals surface area contributed by atoms with Gasteiger partial charge in [-0.1, -0.05) is 29.8 Å². The zero-order valence-corrected chi connectivity index (χ0v) is 15.3. The zero-order valence-electron chi connectivity index (χ0n) is 13.7. The van der Waals surface area contributed by atoms with Crippen molar-refractivity contribution in [3.63, 3.8) is 0 Å². The summed E-state index contributed by atoms with van der Waals surface area (Å²) in [4.78, 5) is 24.9. The molecular weight excluding hydrogens is 365 g/mol. The van der Waals surface area contributed by atoms with Gasteiger partial charge in [-0.25, -0.2) is 4.39 Å². The number of nitrogens with one attached hydrogen (secondary N) is 1. The molecule has 2 aromatic carbocycles. The fourth-order valence-corrected chi connectivity index (χ4v) is 2.94. The van der Waals surface area contributed by atoms with Crippen LogP contribution in [0.4, 0.5) is 10.1 Å². The van der Waals surface area contributed by atoms with Gasteiger partial charge in [-0.3, -0.25) is 9.59 Å². The van der Waals surface area contributed by atoms with Crippen molar-refractivity contribution >= 4 is 40.9 Å². The van der Waals surface area contributed by atoms with Crippen molar-refractivity contribution in [3.05, 3.63) is 58.9 Å². The van der Waals surface area contributed by atoms with E-state index >= 15 is 0 Å². The molecule has 2 rings (SSSR count). The van der Waals surface area contributed by atoms with Crippen molar-refractivity contribution in [1.29, 1.82) is 0 Å². The monoisotopic (exact) mass is 381 g/mol. The van der Waals surface area contributed by atoms with Gasteiger partial charge in [0.25, 0.3) is 5.91 Å². The molecule has 0 aliphatic carbocycles. The van der Waals surface area contributed by atoms with Gasteiger partial charge in [0, 0.05) is 9.92 Å². The van der Waals surface area contributed by atoms with E-state index in [1.807, 2.05) is 31.2 Å². The first-order chi connectivity index (χ1) is 11.9. The number of thioether (sulfide) groups is 1. The maximum atomic E-state index is 13.7. The van der Waals surface area contributed by atoms with Crippen molar-refractivity contribution < 1.29 is 18.7 Å². The molecule has 2 aromatic rings. The van der Waals surface area contributed by atoms with Crippen molar-refractivity contribution in [1.82, 2.24) is 0 Å². The maximum Gasteiger partial charge on any atom is 0.317 e. The van der Waals surface area contributed by atoms with Gasteiger partial charge < -0.3 is 10.1 Å². The Balaban J connectivity index is 1.85. The number of amides is 1. The van der Waals surface area contributed by atoms with E-state index in [4.69, 9.17) is 16.3 Å². The number of aryl methyl sites for hydroxylation is 1. The Kier molecular flexibility index (Phi) is 6.84. The van der Waals surface area contributed by atoms with Crippen LogP contribution >= 0.6 is 23.4 Å². The summed E-state index contributed by atoms with van der Waals surface area (Å²) in [5, 5.41) is 2.59. The van der Waals surface area contributed by atoms with Crippen LogP contribution in [-0.2, 0) is 14.3 Å². The fourth-order valence-electron chi connectivity index (χ4n) is 1.96. The molecule has 1 amide bonds. The average molecular weight is 382 g/mol. The van der Waals surface area contributed by atoms with E-state index in [9.17, 15) is 14.0 Å². The summed E-state index contributed by atoms with van der Waals surface area (Å²) in [6, 6.07) is 11.6. The Morgan fingerprint density at radius 3 is 2.68 bits per heavy atom. The Morgan fingerprint density at radius 2 is 2.00 bits per heavy atom. The minimum Gasteiger partial charge on any atom is -0.452 e. The topological polar surface area (TPSA) is 55.4 Å². The lowest BCUT2D eigenvalue weighted by molar-refractivity contribution is -0.150. The van der Waals surface area contributed by atoms with E-state index in [0.717, 1.165) is 16.5 Å². The lowest BCUT2D eigenvalue weighted by atomic mass is 10.2. The third kappa shape index (κ3) is 5.76. The van der Waals surface area contributed by atoms with E-state index in [1.165, 1.54) is 30.8 Å². The minimum absolute atomic E-state index is 0.0217. The van der Waals surface area contributed by atoms with Crippen LogP contribution in [0.5, 0.6) is 0 Å². The van der Waals surface area contributed by atoms with Gasteiger partial charge in [-0.2, -0.15) is 0 Å². The number of hydrogen-bond donors (Lipinski definition) is 1. The number of carbonyl (C=O) groups is 2. The first-order valence-electron chi connectivity index (χ1n) is 7.50. The minimum atomic E-state index is -1.04. The SMILES string of the molecule is Cc1ccccc1SCC(=O)O[C@H](C)C(=O)Nc1ccc(Cl)cc1F. The molecule has 7 heteroatoms. The molecule has 4 nitrogen and oxygen atoms in total. The van der Waals surface area contributed by atoms with Crippen LogP contribution in [0.3, 0.4) is 0 Å². The lowest BCUT2D eigenvalue weighted by Gasteiger charge is -2.14. The number of ether oxygens (including phenoxy) is 1. The summed E-state index contributed by atoms with van der Waals surface area (Å²) in [5.74, 6) is -1.71. The standard InChI is InChI=1S/C18H17ClFNO3S/c1-11-5-3-4-6-16(11)25-10-17(22)24-12(2)18(23)21-15-8-7-13(19)9-14(15)20/h3-9,12H,10H2,1-2H3,(H,21,23)/t12-/m1/s1. The summed E-state index contributed by atoms with van der Waals surface area (Å²) in [7, 11) is 0. The normalized spacial score (nSPS) is 11.7. The van der Waals surface area contributed by atoms with Gasteiger partial charge >= 0.3 is 5.97 Å². The Bertz CT molecular complexity index is 785. The van der Waals surface area contributed by atoms with Gasteiger partial charge in [0.1, 0.15) is 5.82 Å². The summed E-state index contributed by atoms with van der Waals surface area (Å²) in [5.41, 5.74) is 1.04. The van der Waals surface area contributed by atoms with Crippen molar-refractivity contribution in [3.8, 4) is 0 Å². The molecule has 0 radical (unpaired) electrons. The van der Waals surface area contributed by atoms with Crippen LogP contribution in [0.1, 0.15) is 12.5 Å². The summed E-state index contributed by atoms with van der Waals surface area (Å²) >= 11 is 6.99. The number of halogens is 2. The predicted molar refractivity (Wildman–Crippen MR) is 97.5 cm³/mol. The number of anilines is 1. The molecule has 1 atom stereocenters. The molecule has 0 bridgehead atoms. The highest BCUT2D eigenvalue weighted by Crippen LogP contribution is 2.22. The van der Waals surface area contributed by atoms with Crippen molar-refractivity contribution in [2.24, 2.45) is 0 Å². The molecule has 1 N–H and O–H groups in total. The van der Waals surface area contributed by atoms with E-state index in [-0.39, 0.29) is 16.5 Å². The largest absolute Gasteiger partial charge is 0.452 e. The molecule has 0 fully saturated rings. The van der Waals surface area contributed by atoms with Crippen LogP contribution in [-0.4, -0.2) is 23.7 Å². The highest BCUT2D eigenvalue weighted by atomic mass is 35.5. The second-order valence-electron chi connectivity index (χ2n) is 5.30. The zero-order chi connectivity index (χ0) is 18.4. The Labute approximate surface area is 154 Å². The molecular formula is C18H17ClFNO3S. The molecule has 0 saturated heterocycles. The molecule has 0 saturated carbocycles. The van der Waals surface area contributed by atoms with Crippen molar-refractivity contribution in [2.75, 3.05) is 11.1 Å². The number of esters is 1. The van der Waals surface area contributed by atoms with E-state index in [1.54, 1.807) is 0 Å². The molecule has 0 aromatic heterocycles. The van der Waals surface area contributed by atoms with Crippen molar-refractivity contribution in [2.45, 2.75) is 24.8 Å².